The lowest BCUT2D eigenvalue weighted by molar-refractivity contribution is 0.00550. The fourth-order valence-corrected chi connectivity index (χ4v) is 3.69. The van der Waals surface area contributed by atoms with Crippen molar-refractivity contribution in [3.8, 4) is 0 Å². The summed E-state index contributed by atoms with van der Waals surface area (Å²) in [5.74, 6) is 1.31. The lowest BCUT2D eigenvalue weighted by Gasteiger charge is -2.44. The average Bonchev–Trinajstić information content (AvgIpc) is 2.25. The van der Waals surface area contributed by atoms with Crippen LogP contribution in [0.25, 0.3) is 0 Å². The quantitative estimate of drug-likeness (QED) is 0.761. The highest BCUT2D eigenvalue weighted by Gasteiger charge is 2.38. The van der Waals surface area contributed by atoms with E-state index in [1.165, 1.54) is 19.3 Å². The molecule has 0 unspecified atom stereocenters. The lowest BCUT2D eigenvalue weighted by atomic mass is 9.63. The largest absolute Gasteiger partial charge is 0.393 e. The van der Waals surface area contributed by atoms with Gasteiger partial charge in [-0.1, -0.05) is 40.0 Å². The number of hydrogen-bond donors (Lipinski definition) is 2. The van der Waals surface area contributed by atoms with Crippen molar-refractivity contribution in [3.63, 3.8) is 0 Å². The Kier molecular flexibility index (Phi) is 5.88. The van der Waals surface area contributed by atoms with Crippen molar-refractivity contribution < 1.29 is 10.2 Å². The maximum atomic E-state index is 9.93. The van der Waals surface area contributed by atoms with E-state index in [9.17, 15) is 10.2 Å². The zero-order valence-corrected chi connectivity index (χ0v) is 13.6. The molecule has 0 spiro atoms. The van der Waals surface area contributed by atoms with Crippen LogP contribution in [0.1, 0.15) is 79.6 Å². The highest BCUT2D eigenvalue weighted by molar-refractivity contribution is 4.88. The van der Waals surface area contributed by atoms with Crippen molar-refractivity contribution in [2.24, 2.45) is 17.3 Å². The fraction of sp³-hybridized carbons (Fsp3) is 1.00. The Hall–Kier alpha value is -0.0800. The van der Waals surface area contributed by atoms with Crippen LogP contribution in [-0.2, 0) is 0 Å². The molecule has 1 fully saturated rings. The maximum absolute atomic E-state index is 9.93. The SMILES string of the molecule is C[C@H](CCCC(C)(C)O)[C@H](C)[C@@]1(C)CCC[C@H](O)C1. The van der Waals surface area contributed by atoms with Crippen molar-refractivity contribution in [1.82, 2.24) is 0 Å². The summed E-state index contributed by atoms with van der Waals surface area (Å²) >= 11 is 0. The van der Waals surface area contributed by atoms with Gasteiger partial charge in [-0.25, -0.2) is 0 Å². The van der Waals surface area contributed by atoms with Gasteiger partial charge in [-0.15, -0.1) is 0 Å². The van der Waals surface area contributed by atoms with E-state index in [2.05, 4.69) is 20.8 Å². The first-order valence-corrected chi connectivity index (χ1v) is 8.04. The molecule has 0 radical (unpaired) electrons. The molecule has 19 heavy (non-hydrogen) atoms. The molecule has 1 aliphatic rings. The second-order valence-corrected chi connectivity index (χ2v) is 7.87. The average molecular weight is 270 g/mol. The summed E-state index contributed by atoms with van der Waals surface area (Å²) in [5, 5.41) is 19.7. The fourth-order valence-electron chi connectivity index (χ4n) is 3.69. The topological polar surface area (TPSA) is 40.5 Å². The molecule has 0 amide bonds. The van der Waals surface area contributed by atoms with Crippen molar-refractivity contribution in [2.45, 2.75) is 91.3 Å². The Morgan fingerprint density at radius 2 is 1.95 bits per heavy atom. The van der Waals surface area contributed by atoms with Crippen molar-refractivity contribution in [3.05, 3.63) is 0 Å². The van der Waals surface area contributed by atoms with Gasteiger partial charge in [0.25, 0.3) is 0 Å². The molecule has 1 aliphatic carbocycles. The predicted octanol–water partition coefficient (Wildman–Crippen LogP) is 4.14. The van der Waals surface area contributed by atoms with Crippen molar-refractivity contribution in [1.29, 1.82) is 0 Å². The van der Waals surface area contributed by atoms with E-state index in [1.54, 1.807) is 0 Å². The van der Waals surface area contributed by atoms with E-state index in [1.807, 2.05) is 13.8 Å². The molecule has 4 atom stereocenters. The van der Waals surface area contributed by atoms with Crippen molar-refractivity contribution in [2.75, 3.05) is 0 Å². The van der Waals surface area contributed by atoms with Gasteiger partial charge in [0.15, 0.2) is 0 Å². The number of hydrogen-bond acceptors (Lipinski definition) is 2. The van der Waals surface area contributed by atoms with Gasteiger partial charge in [0, 0.05) is 0 Å². The highest BCUT2D eigenvalue weighted by Crippen LogP contribution is 2.46. The van der Waals surface area contributed by atoms with Crippen LogP contribution >= 0.6 is 0 Å². The molecule has 0 aromatic heterocycles. The molecule has 2 nitrogen and oxygen atoms in total. The van der Waals surface area contributed by atoms with Gasteiger partial charge >= 0.3 is 0 Å². The summed E-state index contributed by atoms with van der Waals surface area (Å²) in [6.07, 6.45) is 7.41. The standard InChI is InChI=1S/C17H34O2/c1-13(8-6-10-16(3,4)19)14(2)17(5)11-7-9-15(18)12-17/h13-15,18-19H,6-12H2,1-5H3/t13-,14+,15+,17+/m1/s1. The Balaban J connectivity index is 2.44. The van der Waals surface area contributed by atoms with Crippen LogP contribution in [0.5, 0.6) is 0 Å². The number of rotatable bonds is 6. The Labute approximate surface area is 119 Å². The molecule has 114 valence electrons. The summed E-state index contributed by atoms with van der Waals surface area (Å²) < 4.78 is 0. The monoisotopic (exact) mass is 270 g/mol. The van der Waals surface area contributed by atoms with Gasteiger partial charge in [0.1, 0.15) is 0 Å². The summed E-state index contributed by atoms with van der Waals surface area (Å²) in [6.45, 7) is 10.8. The molecule has 1 rings (SSSR count). The lowest BCUT2D eigenvalue weighted by Crippen LogP contribution is -2.37. The first kappa shape index (κ1) is 17.0. The van der Waals surface area contributed by atoms with Crippen LogP contribution in [0.15, 0.2) is 0 Å². The zero-order chi connectivity index (χ0) is 14.7. The molecule has 0 aliphatic heterocycles. The molecule has 0 bridgehead atoms. The van der Waals surface area contributed by atoms with Gasteiger partial charge in [-0.05, 0) is 56.8 Å². The molecule has 0 saturated heterocycles. The molecule has 0 aromatic rings. The normalized spacial score (nSPS) is 32.1. The second-order valence-electron chi connectivity index (χ2n) is 7.87. The van der Waals surface area contributed by atoms with E-state index < -0.39 is 5.60 Å². The molecule has 1 saturated carbocycles. The summed E-state index contributed by atoms with van der Waals surface area (Å²) in [7, 11) is 0. The Bertz CT molecular complexity index is 269. The molecule has 0 aromatic carbocycles. The summed E-state index contributed by atoms with van der Waals surface area (Å²) in [5.41, 5.74) is -0.236. The Morgan fingerprint density at radius 3 is 2.47 bits per heavy atom. The number of aliphatic hydroxyl groups is 2. The van der Waals surface area contributed by atoms with Crippen LogP contribution in [0.4, 0.5) is 0 Å². The van der Waals surface area contributed by atoms with E-state index in [-0.39, 0.29) is 6.10 Å². The van der Waals surface area contributed by atoms with Gasteiger partial charge < -0.3 is 10.2 Å². The van der Waals surface area contributed by atoms with Gasteiger partial charge in [-0.3, -0.25) is 0 Å². The van der Waals surface area contributed by atoms with Gasteiger partial charge in [-0.2, -0.15) is 0 Å². The maximum Gasteiger partial charge on any atom is 0.0591 e. The minimum absolute atomic E-state index is 0.0928. The third-order valence-corrected chi connectivity index (χ3v) is 5.39. The van der Waals surface area contributed by atoms with E-state index in [4.69, 9.17) is 0 Å². The first-order chi connectivity index (χ1) is 8.64. The van der Waals surface area contributed by atoms with E-state index >= 15 is 0 Å². The minimum atomic E-state index is -0.534. The predicted molar refractivity (Wildman–Crippen MR) is 81.1 cm³/mol. The van der Waals surface area contributed by atoms with Crippen LogP contribution < -0.4 is 0 Å². The molecular formula is C17H34O2. The second kappa shape index (κ2) is 6.58. The highest BCUT2D eigenvalue weighted by atomic mass is 16.3. The van der Waals surface area contributed by atoms with Crippen LogP contribution in [0, 0.1) is 17.3 Å². The molecule has 0 heterocycles. The van der Waals surface area contributed by atoms with E-state index in [0.717, 1.165) is 25.7 Å². The van der Waals surface area contributed by atoms with Gasteiger partial charge in [0.2, 0.25) is 0 Å². The zero-order valence-electron chi connectivity index (χ0n) is 13.6. The first-order valence-electron chi connectivity index (χ1n) is 8.04. The van der Waals surface area contributed by atoms with Crippen molar-refractivity contribution >= 4 is 0 Å². The molecular weight excluding hydrogens is 236 g/mol. The minimum Gasteiger partial charge on any atom is -0.393 e. The van der Waals surface area contributed by atoms with Crippen LogP contribution in [-0.4, -0.2) is 21.9 Å². The Morgan fingerprint density at radius 1 is 1.32 bits per heavy atom. The summed E-state index contributed by atoms with van der Waals surface area (Å²) in [4.78, 5) is 0. The third-order valence-electron chi connectivity index (χ3n) is 5.39. The third kappa shape index (κ3) is 5.43. The van der Waals surface area contributed by atoms with E-state index in [0.29, 0.717) is 17.3 Å². The van der Waals surface area contributed by atoms with Crippen LogP contribution in [0.3, 0.4) is 0 Å². The smallest absolute Gasteiger partial charge is 0.0591 e. The molecule has 2 heteroatoms. The van der Waals surface area contributed by atoms with Gasteiger partial charge in [0.05, 0.1) is 11.7 Å². The number of aliphatic hydroxyl groups excluding tert-OH is 1. The molecule has 2 N–H and O–H groups in total. The summed E-state index contributed by atoms with van der Waals surface area (Å²) in [6, 6.07) is 0. The van der Waals surface area contributed by atoms with Crippen LogP contribution in [0.2, 0.25) is 0 Å².